The van der Waals surface area contributed by atoms with Gasteiger partial charge in [0.15, 0.2) is 5.82 Å². The highest BCUT2D eigenvalue weighted by Gasteiger charge is 2.09. The maximum atomic E-state index is 4.62. The minimum absolute atomic E-state index is 0.411. The first kappa shape index (κ1) is 12.0. The van der Waals surface area contributed by atoms with Gasteiger partial charge in [-0.05, 0) is 24.3 Å². The standard InChI is InChI=1S/C13H17N3S/c1-4-14-12-8-10(9(2)3)15-13(16-12)11-6-5-7-17-11/h5-9H,4H2,1-3H3,(H,14,15,16). The molecule has 1 N–H and O–H groups in total. The lowest BCUT2D eigenvalue weighted by Crippen LogP contribution is -2.04. The van der Waals surface area contributed by atoms with Crippen molar-refractivity contribution in [2.45, 2.75) is 26.7 Å². The van der Waals surface area contributed by atoms with Gasteiger partial charge in [0.25, 0.3) is 0 Å². The minimum Gasteiger partial charge on any atom is -0.370 e. The van der Waals surface area contributed by atoms with Crippen molar-refractivity contribution < 1.29 is 0 Å². The van der Waals surface area contributed by atoms with Crippen LogP contribution in [0.4, 0.5) is 5.82 Å². The molecule has 2 heterocycles. The molecule has 0 aliphatic carbocycles. The maximum Gasteiger partial charge on any atom is 0.171 e. The van der Waals surface area contributed by atoms with Crippen molar-refractivity contribution in [1.29, 1.82) is 0 Å². The molecule has 0 unspecified atom stereocenters. The van der Waals surface area contributed by atoms with E-state index in [4.69, 9.17) is 0 Å². The lowest BCUT2D eigenvalue weighted by molar-refractivity contribution is 0.817. The fourth-order valence-electron chi connectivity index (χ4n) is 1.55. The van der Waals surface area contributed by atoms with Crippen LogP contribution in [0.15, 0.2) is 23.6 Å². The summed E-state index contributed by atoms with van der Waals surface area (Å²) in [6.45, 7) is 7.24. The maximum absolute atomic E-state index is 4.62. The zero-order valence-electron chi connectivity index (χ0n) is 10.4. The van der Waals surface area contributed by atoms with Crippen molar-refractivity contribution in [3.8, 4) is 10.7 Å². The number of anilines is 1. The topological polar surface area (TPSA) is 37.8 Å². The smallest absolute Gasteiger partial charge is 0.171 e. The highest BCUT2D eigenvalue weighted by Crippen LogP contribution is 2.25. The molecule has 0 aromatic carbocycles. The van der Waals surface area contributed by atoms with Gasteiger partial charge >= 0.3 is 0 Å². The molecule has 2 aromatic heterocycles. The lowest BCUT2D eigenvalue weighted by atomic mass is 10.1. The molecule has 0 radical (unpaired) electrons. The summed E-state index contributed by atoms with van der Waals surface area (Å²) >= 11 is 1.67. The summed E-state index contributed by atoms with van der Waals surface area (Å²) in [6.07, 6.45) is 0. The van der Waals surface area contributed by atoms with Crippen LogP contribution in [-0.4, -0.2) is 16.5 Å². The predicted molar refractivity (Wildman–Crippen MR) is 73.6 cm³/mol. The third-order valence-corrected chi connectivity index (χ3v) is 3.30. The molecule has 0 amide bonds. The average Bonchev–Trinajstić information content (AvgIpc) is 2.82. The van der Waals surface area contributed by atoms with Gasteiger partial charge in [0, 0.05) is 18.3 Å². The van der Waals surface area contributed by atoms with E-state index in [-0.39, 0.29) is 0 Å². The van der Waals surface area contributed by atoms with Gasteiger partial charge in [-0.1, -0.05) is 19.9 Å². The fourth-order valence-corrected chi connectivity index (χ4v) is 2.21. The Balaban J connectivity index is 2.44. The highest BCUT2D eigenvalue weighted by molar-refractivity contribution is 7.13. The number of hydrogen-bond acceptors (Lipinski definition) is 4. The van der Waals surface area contributed by atoms with Crippen LogP contribution in [0, 0.1) is 0 Å². The van der Waals surface area contributed by atoms with E-state index in [2.05, 4.69) is 42.1 Å². The second kappa shape index (κ2) is 5.27. The molecule has 0 aliphatic heterocycles. The number of nitrogens with zero attached hydrogens (tertiary/aromatic N) is 2. The van der Waals surface area contributed by atoms with Crippen molar-refractivity contribution >= 4 is 17.2 Å². The van der Waals surface area contributed by atoms with Gasteiger partial charge in [0.05, 0.1) is 4.88 Å². The van der Waals surface area contributed by atoms with E-state index < -0.39 is 0 Å². The van der Waals surface area contributed by atoms with E-state index in [1.807, 2.05) is 17.5 Å². The molecule has 2 rings (SSSR count). The Morgan fingerprint density at radius 2 is 2.18 bits per heavy atom. The summed E-state index contributed by atoms with van der Waals surface area (Å²) in [7, 11) is 0. The van der Waals surface area contributed by atoms with E-state index in [0.717, 1.165) is 28.8 Å². The van der Waals surface area contributed by atoms with E-state index in [1.165, 1.54) is 0 Å². The molecule has 4 heteroatoms. The summed E-state index contributed by atoms with van der Waals surface area (Å²) in [5.41, 5.74) is 1.08. The lowest BCUT2D eigenvalue weighted by Gasteiger charge is -2.10. The molecule has 0 aliphatic rings. The number of thiophene rings is 1. The van der Waals surface area contributed by atoms with E-state index in [9.17, 15) is 0 Å². The number of aromatic nitrogens is 2. The summed E-state index contributed by atoms with van der Waals surface area (Å²) in [5, 5.41) is 5.31. The summed E-state index contributed by atoms with van der Waals surface area (Å²) in [5.74, 6) is 2.14. The summed E-state index contributed by atoms with van der Waals surface area (Å²) in [4.78, 5) is 10.3. The Kier molecular flexibility index (Phi) is 3.74. The van der Waals surface area contributed by atoms with Gasteiger partial charge in [-0.2, -0.15) is 0 Å². The molecule has 0 spiro atoms. The fraction of sp³-hybridized carbons (Fsp3) is 0.385. The Bertz CT molecular complexity index is 477. The molecule has 0 saturated heterocycles. The van der Waals surface area contributed by atoms with Crippen LogP contribution < -0.4 is 5.32 Å². The monoisotopic (exact) mass is 247 g/mol. The normalized spacial score (nSPS) is 10.8. The molecule has 17 heavy (non-hydrogen) atoms. The zero-order chi connectivity index (χ0) is 12.3. The molecular formula is C13H17N3S. The molecule has 0 fully saturated rings. The first-order valence-corrected chi connectivity index (χ1v) is 6.75. The van der Waals surface area contributed by atoms with Crippen molar-refractivity contribution in [3.05, 3.63) is 29.3 Å². The van der Waals surface area contributed by atoms with Crippen molar-refractivity contribution in [2.75, 3.05) is 11.9 Å². The Morgan fingerprint density at radius 3 is 2.76 bits per heavy atom. The van der Waals surface area contributed by atoms with E-state index >= 15 is 0 Å². The molecule has 0 bridgehead atoms. The Labute approximate surface area is 106 Å². The van der Waals surface area contributed by atoms with Gasteiger partial charge in [-0.15, -0.1) is 11.3 Å². The van der Waals surface area contributed by atoms with Crippen LogP contribution in [0.3, 0.4) is 0 Å². The van der Waals surface area contributed by atoms with Gasteiger partial charge in [0.2, 0.25) is 0 Å². The number of rotatable bonds is 4. The van der Waals surface area contributed by atoms with Gasteiger partial charge in [0.1, 0.15) is 5.82 Å². The van der Waals surface area contributed by atoms with Gasteiger partial charge in [-0.3, -0.25) is 0 Å². The summed E-state index contributed by atoms with van der Waals surface area (Å²) < 4.78 is 0. The zero-order valence-corrected chi connectivity index (χ0v) is 11.2. The van der Waals surface area contributed by atoms with Crippen molar-refractivity contribution in [2.24, 2.45) is 0 Å². The summed E-state index contributed by atoms with van der Waals surface area (Å²) in [6, 6.07) is 6.11. The van der Waals surface area contributed by atoms with Crippen LogP contribution in [0.2, 0.25) is 0 Å². The SMILES string of the molecule is CCNc1cc(C(C)C)nc(-c2cccs2)n1. The Morgan fingerprint density at radius 1 is 1.35 bits per heavy atom. The van der Waals surface area contributed by atoms with Crippen LogP contribution in [0.25, 0.3) is 10.7 Å². The predicted octanol–water partition coefficient (Wildman–Crippen LogP) is 3.76. The molecule has 3 nitrogen and oxygen atoms in total. The average molecular weight is 247 g/mol. The minimum atomic E-state index is 0.411. The first-order valence-electron chi connectivity index (χ1n) is 5.87. The van der Waals surface area contributed by atoms with Gasteiger partial charge < -0.3 is 5.32 Å². The van der Waals surface area contributed by atoms with E-state index in [0.29, 0.717) is 5.92 Å². The molecule has 90 valence electrons. The second-order valence-electron chi connectivity index (χ2n) is 4.16. The van der Waals surface area contributed by atoms with Crippen LogP contribution in [0.5, 0.6) is 0 Å². The highest BCUT2D eigenvalue weighted by atomic mass is 32.1. The second-order valence-corrected chi connectivity index (χ2v) is 5.11. The van der Waals surface area contributed by atoms with Crippen LogP contribution in [0.1, 0.15) is 32.4 Å². The first-order chi connectivity index (χ1) is 8.20. The van der Waals surface area contributed by atoms with Crippen LogP contribution >= 0.6 is 11.3 Å². The molecule has 0 saturated carbocycles. The van der Waals surface area contributed by atoms with Gasteiger partial charge in [-0.25, -0.2) is 9.97 Å². The number of nitrogens with one attached hydrogen (secondary N) is 1. The third-order valence-electron chi connectivity index (χ3n) is 2.44. The third kappa shape index (κ3) is 2.82. The molecule has 2 aromatic rings. The Hall–Kier alpha value is -1.42. The van der Waals surface area contributed by atoms with Crippen LogP contribution in [-0.2, 0) is 0 Å². The molecular weight excluding hydrogens is 230 g/mol. The molecule has 0 atom stereocenters. The van der Waals surface area contributed by atoms with Crippen molar-refractivity contribution in [1.82, 2.24) is 9.97 Å². The quantitative estimate of drug-likeness (QED) is 0.894. The number of hydrogen-bond donors (Lipinski definition) is 1. The van der Waals surface area contributed by atoms with E-state index in [1.54, 1.807) is 11.3 Å². The van der Waals surface area contributed by atoms with Crippen molar-refractivity contribution in [3.63, 3.8) is 0 Å². The largest absolute Gasteiger partial charge is 0.370 e.